The third-order valence-electron chi connectivity index (χ3n) is 2.80. The van der Waals surface area contributed by atoms with Crippen LogP contribution in [0.5, 0.6) is 0 Å². The Balaban J connectivity index is 2.92. The Bertz CT molecular complexity index is 186. The lowest BCUT2D eigenvalue weighted by Gasteiger charge is -2.05. The predicted molar refractivity (Wildman–Crippen MR) is 73.9 cm³/mol. The van der Waals surface area contributed by atoms with Crippen LogP contribution in [-0.2, 0) is 9.53 Å². The molecule has 0 aliphatic carbocycles. The number of unbranched alkanes of at least 4 members (excludes halogenated alkanes) is 5. The number of ether oxygens (including phenoxy) is 1. The van der Waals surface area contributed by atoms with Crippen molar-refractivity contribution in [3.63, 3.8) is 0 Å². The highest BCUT2D eigenvalue weighted by atomic mass is 16.5. The standard InChI is InChI=1S/C14H29NO3/c1-2-3-4-5-6-7-12-18-13-8-10-15-11-9-14(16)17/h15H,2-13H2,1H3,(H,16,17). The molecule has 4 nitrogen and oxygen atoms in total. The lowest BCUT2D eigenvalue weighted by molar-refractivity contribution is -0.136. The third kappa shape index (κ3) is 15.4. The molecule has 0 unspecified atom stereocenters. The summed E-state index contributed by atoms with van der Waals surface area (Å²) in [5, 5.41) is 11.5. The Morgan fingerprint density at radius 3 is 2.39 bits per heavy atom. The van der Waals surface area contributed by atoms with E-state index < -0.39 is 5.97 Å². The number of carboxylic acids is 1. The van der Waals surface area contributed by atoms with Crippen LogP contribution in [0.1, 0.15) is 58.3 Å². The lowest BCUT2D eigenvalue weighted by atomic mass is 10.1. The largest absolute Gasteiger partial charge is 0.481 e. The highest BCUT2D eigenvalue weighted by Crippen LogP contribution is 2.04. The molecule has 0 aromatic heterocycles. The third-order valence-corrected chi connectivity index (χ3v) is 2.80. The monoisotopic (exact) mass is 259 g/mol. The van der Waals surface area contributed by atoms with E-state index in [1.165, 1.54) is 32.1 Å². The summed E-state index contributed by atoms with van der Waals surface area (Å²) in [4.78, 5) is 10.2. The van der Waals surface area contributed by atoms with Gasteiger partial charge in [0.05, 0.1) is 6.42 Å². The summed E-state index contributed by atoms with van der Waals surface area (Å²) in [5.74, 6) is -0.748. The highest BCUT2D eigenvalue weighted by molar-refractivity contribution is 5.66. The van der Waals surface area contributed by atoms with Gasteiger partial charge in [0.2, 0.25) is 0 Å². The maximum atomic E-state index is 10.2. The van der Waals surface area contributed by atoms with Crippen molar-refractivity contribution in [1.29, 1.82) is 0 Å². The van der Waals surface area contributed by atoms with Crippen molar-refractivity contribution in [2.45, 2.75) is 58.3 Å². The molecule has 0 amide bonds. The molecule has 0 bridgehead atoms. The van der Waals surface area contributed by atoms with Crippen molar-refractivity contribution in [2.24, 2.45) is 0 Å². The minimum Gasteiger partial charge on any atom is -0.481 e. The average molecular weight is 259 g/mol. The fourth-order valence-electron chi connectivity index (χ4n) is 1.71. The molecular weight excluding hydrogens is 230 g/mol. The van der Waals surface area contributed by atoms with Crippen LogP contribution < -0.4 is 5.32 Å². The van der Waals surface area contributed by atoms with E-state index in [0.717, 1.165) is 32.6 Å². The van der Waals surface area contributed by atoms with E-state index in [-0.39, 0.29) is 6.42 Å². The molecule has 2 N–H and O–H groups in total. The Morgan fingerprint density at radius 1 is 1.00 bits per heavy atom. The summed E-state index contributed by atoms with van der Waals surface area (Å²) in [6, 6.07) is 0. The first-order chi connectivity index (χ1) is 8.77. The molecule has 0 saturated heterocycles. The number of carboxylic acid groups (broad SMARTS) is 1. The zero-order valence-electron chi connectivity index (χ0n) is 11.7. The van der Waals surface area contributed by atoms with Gasteiger partial charge in [0, 0.05) is 19.8 Å². The van der Waals surface area contributed by atoms with Gasteiger partial charge in [-0.3, -0.25) is 4.79 Å². The van der Waals surface area contributed by atoms with Crippen LogP contribution in [0.15, 0.2) is 0 Å². The maximum Gasteiger partial charge on any atom is 0.304 e. The first kappa shape index (κ1) is 17.4. The molecule has 0 heterocycles. The number of hydrogen-bond donors (Lipinski definition) is 2. The smallest absolute Gasteiger partial charge is 0.304 e. The normalized spacial score (nSPS) is 10.7. The van der Waals surface area contributed by atoms with Crippen LogP contribution in [0.3, 0.4) is 0 Å². The summed E-state index contributed by atoms with van der Waals surface area (Å²) in [6.45, 7) is 5.25. The van der Waals surface area contributed by atoms with E-state index in [2.05, 4.69) is 12.2 Å². The number of carbonyl (C=O) groups is 1. The summed E-state index contributed by atoms with van der Waals surface area (Å²) in [6.07, 6.45) is 8.91. The molecule has 0 saturated carbocycles. The van der Waals surface area contributed by atoms with E-state index >= 15 is 0 Å². The highest BCUT2D eigenvalue weighted by Gasteiger charge is 1.95. The first-order valence-electron chi connectivity index (χ1n) is 7.27. The minimum atomic E-state index is -0.748. The lowest BCUT2D eigenvalue weighted by Crippen LogP contribution is -2.20. The second-order valence-electron chi connectivity index (χ2n) is 4.63. The Labute approximate surface area is 111 Å². The fourth-order valence-corrected chi connectivity index (χ4v) is 1.71. The van der Waals surface area contributed by atoms with E-state index in [9.17, 15) is 4.79 Å². The molecule has 108 valence electrons. The van der Waals surface area contributed by atoms with Gasteiger partial charge in [0.15, 0.2) is 0 Å². The van der Waals surface area contributed by atoms with Crippen LogP contribution in [0, 0.1) is 0 Å². The molecule has 0 aromatic carbocycles. The van der Waals surface area contributed by atoms with Gasteiger partial charge in [-0.15, -0.1) is 0 Å². The molecule has 0 atom stereocenters. The van der Waals surface area contributed by atoms with Crippen LogP contribution in [0.25, 0.3) is 0 Å². The molecule has 4 heteroatoms. The van der Waals surface area contributed by atoms with Gasteiger partial charge in [-0.05, 0) is 19.4 Å². The molecule has 0 radical (unpaired) electrons. The molecule has 0 aliphatic rings. The van der Waals surface area contributed by atoms with Crippen LogP contribution >= 0.6 is 0 Å². The van der Waals surface area contributed by atoms with Gasteiger partial charge >= 0.3 is 5.97 Å². The van der Waals surface area contributed by atoms with Crippen molar-refractivity contribution in [3.8, 4) is 0 Å². The van der Waals surface area contributed by atoms with Crippen LogP contribution in [0.2, 0.25) is 0 Å². The maximum absolute atomic E-state index is 10.2. The molecule has 0 aliphatic heterocycles. The van der Waals surface area contributed by atoms with Gasteiger partial charge in [-0.2, -0.15) is 0 Å². The van der Waals surface area contributed by atoms with Gasteiger partial charge in [0.25, 0.3) is 0 Å². The second kappa shape index (κ2) is 14.5. The summed E-state index contributed by atoms with van der Waals surface area (Å²) in [5.41, 5.74) is 0. The number of rotatable bonds is 14. The van der Waals surface area contributed by atoms with Crippen molar-refractivity contribution in [1.82, 2.24) is 5.32 Å². The number of nitrogens with one attached hydrogen (secondary N) is 1. The van der Waals surface area contributed by atoms with Gasteiger partial charge in [0.1, 0.15) is 0 Å². The Hall–Kier alpha value is -0.610. The van der Waals surface area contributed by atoms with Crippen molar-refractivity contribution >= 4 is 5.97 Å². The minimum absolute atomic E-state index is 0.193. The number of aliphatic carboxylic acids is 1. The van der Waals surface area contributed by atoms with Crippen molar-refractivity contribution in [3.05, 3.63) is 0 Å². The molecule has 18 heavy (non-hydrogen) atoms. The van der Waals surface area contributed by atoms with E-state index in [4.69, 9.17) is 9.84 Å². The molecule has 0 spiro atoms. The molecule has 0 rings (SSSR count). The topological polar surface area (TPSA) is 58.6 Å². The van der Waals surface area contributed by atoms with Gasteiger partial charge in [-0.25, -0.2) is 0 Å². The number of hydrogen-bond acceptors (Lipinski definition) is 3. The van der Waals surface area contributed by atoms with Crippen LogP contribution in [0.4, 0.5) is 0 Å². The van der Waals surface area contributed by atoms with E-state index in [1.54, 1.807) is 0 Å². The zero-order chi connectivity index (χ0) is 13.5. The van der Waals surface area contributed by atoms with Crippen molar-refractivity contribution < 1.29 is 14.6 Å². The quantitative estimate of drug-likeness (QED) is 0.471. The molecular formula is C14H29NO3. The Morgan fingerprint density at radius 2 is 1.67 bits per heavy atom. The molecule has 0 aromatic rings. The van der Waals surface area contributed by atoms with Gasteiger partial charge in [-0.1, -0.05) is 39.0 Å². The summed E-state index contributed by atoms with van der Waals surface area (Å²) < 4.78 is 5.51. The van der Waals surface area contributed by atoms with E-state index in [0.29, 0.717) is 6.54 Å². The average Bonchev–Trinajstić information content (AvgIpc) is 2.34. The van der Waals surface area contributed by atoms with Gasteiger partial charge < -0.3 is 15.2 Å². The summed E-state index contributed by atoms with van der Waals surface area (Å²) >= 11 is 0. The SMILES string of the molecule is CCCCCCCCOCCCNCCC(=O)O. The fraction of sp³-hybridized carbons (Fsp3) is 0.929. The van der Waals surface area contributed by atoms with Crippen LogP contribution in [-0.4, -0.2) is 37.4 Å². The van der Waals surface area contributed by atoms with Crippen molar-refractivity contribution in [2.75, 3.05) is 26.3 Å². The van der Waals surface area contributed by atoms with E-state index in [1.807, 2.05) is 0 Å². The first-order valence-corrected chi connectivity index (χ1v) is 7.27. The predicted octanol–water partition coefficient (Wildman–Crippen LogP) is 2.82. The second-order valence-corrected chi connectivity index (χ2v) is 4.63. The summed E-state index contributed by atoms with van der Waals surface area (Å²) in [7, 11) is 0. The molecule has 0 fully saturated rings. The zero-order valence-corrected chi connectivity index (χ0v) is 11.7. The Kier molecular flexibility index (Phi) is 14.0.